The molecule has 2 heterocycles. The van der Waals surface area contributed by atoms with Crippen LogP contribution in [0, 0.1) is 5.92 Å². The molecule has 112 valence electrons. The van der Waals surface area contributed by atoms with Gasteiger partial charge in [0.1, 0.15) is 5.82 Å². The van der Waals surface area contributed by atoms with Gasteiger partial charge in [0.05, 0.1) is 11.1 Å². The Kier molecular flexibility index (Phi) is 6.74. The standard InChI is InChI=1S/C14H21Br2N3O/c1-20-7-4-17-9-11-2-5-19(6-3-11)14-13(16)8-12(15)10-18-14/h8,10-11,17H,2-7,9H2,1H3. The first kappa shape index (κ1) is 16.2. The van der Waals surface area contributed by atoms with Gasteiger partial charge in [-0.25, -0.2) is 4.98 Å². The monoisotopic (exact) mass is 405 g/mol. The molecule has 1 fully saturated rings. The maximum absolute atomic E-state index is 5.04. The lowest BCUT2D eigenvalue weighted by molar-refractivity contribution is 0.196. The Balaban J connectivity index is 1.79. The minimum Gasteiger partial charge on any atom is -0.383 e. The molecule has 0 radical (unpaired) electrons. The van der Waals surface area contributed by atoms with E-state index < -0.39 is 0 Å². The van der Waals surface area contributed by atoms with Crippen LogP contribution in [0.15, 0.2) is 21.2 Å². The summed E-state index contributed by atoms with van der Waals surface area (Å²) >= 11 is 7.04. The van der Waals surface area contributed by atoms with Crippen LogP contribution < -0.4 is 10.2 Å². The fourth-order valence-electron chi connectivity index (χ4n) is 2.47. The number of rotatable bonds is 6. The Hall–Kier alpha value is -0.170. The zero-order valence-electron chi connectivity index (χ0n) is 11.7. The first-order valence-corrected chi connectivity index (χ1v) is 8.55. The van der Waals surface area contributed by atoms with Gasteiger partial charge in [-0.1, -0.05) is 0 Å². The van der Waals surface area contributed by atoms with Crippen molar-refractivity contribution in [1.82, 2.24) is 10.3 Å². The van der Waals surface area contributed by atoms with Crippen LogP contribution in [0.4, 0.5) is 5.82 Å². The minimum absolute atomic E-state index is 0.761. The molecule has 1 N–H and O–H groups in total. The van der Waals surface area contributed by atoms with E-state index >= 15 is 0 Å². The number of hydrogen-bond acceptors (Lipinski definition) is 4. The molecule has 0 amide bonds. The van der Waals surface area contributed by atoms with E-state index in [1.165, 1.54) is 12.8 Å². The van der Waals surface area contributed by atoms with Gasteiger partial charge in [-0.05, 0) is 63.2 Å². The molecule has 0 atom stereocenters. The smallest absolute Gasteiger partial charge is 0.142 e. The first-order chi connectivity index (χ1) is 9.70. The molecule has 1 aromatic heterocycles. The first-order valence-electron chi connectivity index (χ1n) is 6.96. The molecule has 1 aromatic rings. The summed E-state index contributed by atoms with van der Waals surface area (Å²) < 4.78 is 7.10. The molecule has 0 saturated carbocycles. The molecule has 0 aliphatic carbocycles. The minimum atomic E-state index is 0.761. The SMILES string of the molecule is COCCNCC1CCN(c2ncc(Br)cc2Br)CC1. The van der Waals surface area contributed by atoms with Crippen molar-refractivity contribution in [2.24, 2.45) is 5.92 Å². The summed E-state index contributed by atoms with van der Waals surface area (Å²) in [6.07, 6.45) is 4.28. The third-order valence-corrected chi connectivity index (χ3v) is 4.64. The Bertz CT molecular complexity index is 423. The molecule has 1 aliphatic heterocycles. The Morgan fingerprint density at radius 2 is 2.15 bits per heavy atom. The molecule has 0 spiro atoms. The second kappa shape index (κ2) is 8.32. The van der Waals surface area contributed by atoms with Gasteiger partial charge in [-0.3, -0.25) is 0 Å². The Labute approximate surface area is 137 Å². The normalized spacial score (nSPS) is 16.6. The van der Waals surface area contributed by atoms with Crippen LogP contribution in [0.25, 0.3) is 0 Å². The van der Waals surface area contributed by atoms with Crippen LogP contribution in [0.5, 0.6) is 0 Å². The maximum atomic E-state index is 5.04. The lowest BCUT2D eigenvalue weighted by Crippen LogP contribution is -2.38. The highest BCUT2D eigenvalue weighted by Crippen LogP contribution is 2.29. The maximum Gasteiger partial charge on any atom is 0.142 e. The van der Waals surface area contributed by atoms with Gasteiger partial charge in [-0.2, -0.15) is 0 Å². The second-order valence-electron chi connectivity index (χ2n) is 5.09. The van der Waals surface area contributed by atoms with E-state index in [1.807, 2.05) is 6.20 Å². The third-order valence-electron chi connectivity index (χ3n) is 3.62. The fraction of sp³-hybridized carbons (Fsp3) is 0.643. The molecule has 6 heteroatoms. The van der Waals surface area contributed by atoms with Crippen LogP contribution in [-0.4, -0.2) is 44.9 Å². The predicted octanol–water partition coefficient (Wildman–Crippen LogP) is 3.06. The zero-order chi connectivity index (χ0) is 14.4. The highest BCUT2D eigenvalue weighted by atomic mass is 79.9. The summed E-state index contributed by atoms with van der Waals surface area (Å²) in [5.41, 5.74) is 0. The second-order valence-corrected chi connectivity index (χ2v) is 6.86. The van der Waals surface area contributed by atoms with E-state index in [0.717, 1.165) is 53.5 Å². The highest BCUT2D eigenvalue weighted by molar-refractivity contribution is 9.11. The van der Waals surface area contributed by atoms with E-state index in [0.29, 0.717) is 0 Å². The van der Waals surface area contributed by atoms with E-state index in [4.69, 9.17) is 4.74 Å². The Morgan fingerprint density at radius 3 is 2.80 bits per heavy atom. The fourth-order valence-corrected chi connectivity index (χ4v) is 3.71. The quantitative estimate of drug-likeness (QED) is 0.736. The molecule has 0 aromatic carbocycles. The Morgan fingerprint density at radius 1 is 1.40 bits per heavy atom. The summed E-state index contributed by atoms with van der Waals surface area (Å²) in [4.78, 5) is 6.88. The summed E-state index contributed by atoms with van der Waals surface area (Å²) in [5.74, 6) is 1.82. The number of hydrogen-bond donors (Lipinski definition) is 1. The number of nitrogens with one attached hydrogen (secondary N) is 1. The molecule has 4 nitrogen and oxygen atoms in total. The van der Waals surface area contributed by atoms with Crippen LogP contribution in [0.1, 0.15) is 12.8 Å². The predicted molar refractivity (Wildman–Crippen MR) is 89.3 cm³/mol. The summed E-state index contributed by atoms with van der Waals surface area (Å²) in [7, 11) is 1.74. The van der Waals surface area contributed by atoms with Crippen molar-refractivity contribution in [3.05, 3.63) is 21.2 Å². The lowest BCUT2D eigenvalue weighted by Gasteiger charge is -2.33. The number of anilines is 1. The zero-order valence-corrected chi connectivity index (χ0v) is 14.9. The summed E-state index contributed by atoms with van der Waals surface area (Å²) in [6, 6.07) is 2.06. The molecular weight excluding hydrogens is 386 g/mol. The molecule has 1 aliphatic rings. The largest absolute Gasteiger partial charge is 0.383 e. The highest BCUT2D eigenvalue weighted by Gasteiger charge is 2.21. The van der Waals surface area contributed by atoms with Crippen LogP contribution in [0.2, 0.25) is 0 Å². The van der Waals surface area contributed by atoms with Crippen LogP contribution in [-0.2, 0) is 4.74 Å². The van der Waals surface area contributed by atoms with E-state index in [-0.39, 0.29) is 0 Å². The number of ether oxygens (including phenoxy) is 1. The van der Waals surface area contributed by atoms with Gasteiger partial charge in [0.25, 0.3) is 0 Å². The number of pyridine rings is 1. The molecule has 20 heavy (non-hydrogen) atoms. The molecule has 1 saturated heterocycles. The average molecular weight is 407 g/mol. The molecular formula is C14H21Br2N3O. The van der Waals surface area contributed by atoms with Crippen molar-refractivity contribution in [2.45, 2.75) is 12.8 Å². The van der Waals surface area contributed by atoms with Crippen molar-refractivity contribution in [3.8, 4) is 0 Å². The van der Waals surface area contributed by atoms with Gasteiger partial charge >= 0.3 is 0 Å². The van der Waals surface area contributed by atoms with Gasteiger partial charge in [0.15, 0.2) is 0 Å². The van der Waals surface area contributed by atoms with Crippen LogP contribution in [0.3, 0.4) is 0 Å². The van der Waals surface area contributed by atoms with Gasteiger partial charge < -0.3 is 15.0 Å². The number of methoxy groups -OCH3 is 1. The summed E-state index contributed by atoms with van der Waals surface area (Å²) in [6.45, 7) is 4.96. The molecule has 0 unspecified atom stereocenters. The van der Waals surface area contributed by atoms with Gasteiger partial charge in [-0.15, -0.1) is 0 Å². The van der Waals surface area contributed by atoms with Crippen molar-refractivity contribution >= 4 is 37.7 Å². The molecule has 0 bridgehead atoms. The number of piperidine rings is 1. The van der Waals surface area contributed by atoms with Crippen molar-refractivity contribution in [1.29, 1.82) is 0 Å². The van der Waals surface area contributed by atoms with Crippen LogP contribution >= 0.6 is 31.9 Å². The van der Waals surface area contributed by atoms with Crippen molar-refractivity contribution in [2.75, 3.05) is 44.8 Å². The van der Waals surface area contributed by atoms with Gasteiger partial charge in [0.2, 0.25) is 0 Å². The van der Waals surface area contributed by atoms with Crippen molar-refractivity contribution < 1.29 is 4.74 Å². The van der Waals surface area contributed by atoms with E-state index in [1.54, 1.807) is 7.11 Å². The van der Waals surface area contributed by atoms with E-state index in [2.05, 4.69) is 53.1 Å². The number of aromatic nitrogens is 1. The van der Waals surface area contributed by atoms with Crippen molar-refractivity contribution in [3.63, 3.8) is 0 Å². The number of halogens is 2. The molecule has 2 rings (SSSR count). The number of nitrogens with zero attached hydrogens (tertiary/aromatic N) is 2. The average Bonchev–Trinajstić information content (AvgIpc) is 2.45. The third kappa shape index (κ3) is 4.69. The summed E-state index contributed by atoms with van der Waals surface area (Å²) in [5, 5.41) is 3.45. The lowest BCUT2D eigenvalue weighted by atomic mass is 9.97. The van der Waals surface area contributed by atoms with E-state index in [9.17, 15) is 0 Å². The van der Waals surface area contributed by atoms with Gasteiger partial charge in [0, 0.05) is 37.4 Å². The topological polar surface area (TPSA) is 37.4 Å².